The number of rotatable bonds is 4. The Balaban J connectivity index is 1.62. The van der Waals surface area contributed by atoms with E-state index in [1.807, 2.05) is 0 Å². The number of ether oxygens (including phenoxy) is 1. The Bertz CT molecular complexity index is 831. The molecule has 1 saturated heterocycles. The summed E-state index contributed by atoms with van der Waals surface area (Å²) in [5.41, 5.74) is 3.21. The van der Waals surface area contributed by atoms with Gasteiger partial charge in [0.15, 0.2) is 0 Å². The van der Waals surface area contributed by atoms with Gasteiger partial charge in [0, 0.05) is 30.0 Å². The van der Waals surface area contributed by atoms with Gasteiger partial charge in [-0.3, -0.25) is 4.79 Å². The molecule has 0 radical (unpaired) electrons. The number of nitrogens with one attached hydrogen (secondary N) is 2. The molecule has 6 nitrogen and oxygen atoms in total. The fraction of sp³-hybridized carbons (Fsp3) is 0.500. The number of hydrogen-bond donors (Lipinski definition) is 2. The highest BCUT2D eigenvalue weighted by molar-refractivity contribution is 7.89. The highest BCUT2D eigenvalue weighted by atomic mass is 32.2. The molecule has 2 aliphatic heterocycles. The van der Waals surface area contributed by atoms with Crippen LogP contribution in [-0.2, 0) is 19.6 Å². The summed E-state index contributed by atoms with van der Waals surface area (Å²) in [5, 5.41) is 2.85. The highest BCUT2D eigenvalue weighted by Gasteiger charge is 2.30. The van der Waals surface area contributed by atoms with Crippen molar-refractivity contribution < 1.29 is 17.9 Å². The molecule has 1 aromatic carbocycles. The van der Waals surface area contributed by atoms with Gasteiger partial charge in [-0.15, -0.1) is 0 Å². The van der Waals surface area contributed by atoms with Crippen molar-refractivity contribution in [3.05, 3.63) is 29.3 Å². The van der Waals surface area contributed by atoms with Crippen molar-refractivity contribution in [2.75, 3.05) is 18.5 Å². The Morgan fingerprint density at radius 2 is 2.00 bits per heavy atom. The minimum absolute atomic E-state index is 0.0522. The number of carbonyl (C=O) groups excluding carboxylic acids is 1. The van der Waals surface area contributed by atoms with Crippen LogP contribution in [0.5, 0.6) is 0 Å². The first-order valence-electron chi connectivity index (χ1n) is 8.84. The lowest BCUT2D eigenvalue weighted by atomic mass is 10.00. The first-order valence-corrected chi connectivity index (χ1v) is 10.3. The molecule has 2 heterocycles. The number of carbonyl (C=O) groups is 1. The van der Waals surface area contributed by atoms with E-state index in [4.69, 9.17) is 4.74 Å². The Kier molecular flexibility index (Phi) is 4.39. The van der Waals surface area contributed by atoms with Crippen LogP contribution in [0.2, 0.25) is 0 Å². The Morgan fingerprint density at radius 1 is 1.20 bits per heavy atom. The van der Waals surface area contributed by atoms with E-state index in [2.05, 4.69) is 10.0 Å². The van der Waals surface area contributed by atoms with Crippen molar-refractivity contribution in [1.29, 1.82) is 0 Å². The van der Waals surface area contributed by atoms with Crippen molar-refractivity contribution in [2.24, 2.45) is 0 Å². The second-order valence-corrected chi connectivity index (χ2v) is 8.60. The molecule has 4 rings (SSSR count). The molecule has 1 saturated carbocycles. The van der Waals surface area contributed by atoms with Crippen LogP contribution < -0.4 is 10.0 Å². The Hall–Kier alpha value is -1.70. The number of allylic oxidation sites excluding steroid dienone is 1. The molecule has 134 valence electrons. The van der Waals surface area contributed by atoms with Crippen molar-refractivity contribution >= 4 is 27.2 Å². The first kappa shape index (κ1) is 16.8. The van der Waals surface area contributed by atoms with Crippen LogP contribution in [0.4, 0.5) is 5.69 Å². The summed E-state index contributed by atoms with van der Waals surface area (Å²) in [4.78, 5) is 12.5. The van der Waals surface area contributed by atoms with Gasteiger partial charge in [-0.1, -0.05) is 5.57 Å². The standard InChI is InChI=1S/C18H22N2O4S/c21-18-17(12-4-1-2-5-12)15-10-14(7-8-16(15)20-18)25(22,23)19-11-13-6-3-9-24-13/h7-8,10,13,19H,1-6,9,11H2,(H,20,21)/t13-/m1/s1. The molecule has 3 aliphatic rings. The third-order valence-corrected chi connectivity index (χ3v) is 6.55. The zero-order valence-corrected chi connectivity index (χ0v) is 14.8. The van der Waals surface area contributed by atoms with Crippen molar-refractivity contribution in [3.63, 3.8) is 0 Å². The molecule has 1 atom stereocenters. The van der Waals surface area contributed by atoms with Gasteiger partial charge in [0.05, 0.1) is 11.0 Å². The zero-order chi connectivity index (χ0) is 17.4. The number of amides is 1. The molecule has 1 aliphatic carbocycles. The molecular weight excluding hydrogens is 340 g/mol. The maximum atomic E-state index is 12.6. The quantitative estimate of drug-likeness (QED) is 0.806. The summed E-state index contributed by atoms with van der Waals surface area (Å²) in [6.45, 7) is 0.973. The second-order valence-electron chi connectivity index (χ2n) is 6.83. The van der Waals surface area contributed by atoms with E-state index in [1.165, 1.54) is 0 Å². The molecule has 0 spiro atoms. The smallest absolute Gasteiger partial charge is 0.256 e. The third kappa shape index (κ3) is 3.23. The molecule has 0 aromatic heterocycles. The average Bonchev–Trinajstić information content (AvgIpc) is 3.32. The summed E-state index contributed by atoms with van der Waals surface area (Å²) in [7, 11) is -3.63. The second kappa shape index (κ2) is 6.55. The summed E-state index contributed by atoms with van der Waals surface area (Å²) < 4.78 is 33.3. The minimum atomic E-state index is -3.63. The van der Waals surface area contributed by atoms with E-state index in [-0.39, 0.29) is 23.5 Å². The van der Waals surface area contributed by atoms with Crippen molar-refractivity contribution in [2.45, 2.75) is 49.5 Å². The molecule has 1 amide bonds. The lowest BCUT2D eigenvalue weighted by Gasteiger charge is -2.12. The van der Waals surface area contributed by atoms with Crippen LogP contribution >= 0.6 is 0 Å². The molecule has 0 unspecified atom stereocenters. The molecule has 25 heavy (non-hydrogen) atoms. The predicted molar refractivity (Wildman–Crippen MR) is 94.6 cm³/mol. The highest BCUT2D eigenvalue weighted by Crippen LogP contribution is 2.40. The van der Waals surface area contributed by atoms with E-state index in [0.717, 1.165) is 44.1 Å². The minimum Gasteiger partial charge on any atom is -0.377 e. The molecular formula is C18H22N2O4S. The maximum Gasteiger partial charge on any atom is 0.256 e. The van der Waals surface area contributed by atoms with E-state index in [9.17, 15) is 13.2 Å². The predicted octanol–water partition coefficient (Wildman–Crippen LogP) is 2.42. The molecule has 1 aromatic rings. The van der Waals surface area contributed by atoms with Gasteiger partial charge >= 0.3 is 0 Å². The SMILES string of the molecule is O=C1Nc2ccc(S(=O)(=O)NC[C@H]3CCCO3)cc2C1=C1CCCC1. The summed E-state index contributed by atoms with van der Waals surface area (Å²) in [5.74, 6) is -0.117. The van der Waals surface area contributed by atoms with Crippen LogP contribution in [-0.4, -0.2) is 33.6 Å². The van der Waals surface area contributed by atoms with Gasteiger partial charge in [-0.2, -0.15) is 0 Å². The van der Waals surface area contributed by atoms with Gasteiger partial charge in [0.2, 0.25) is 10.0 Å². The van der Waals surface area contributed by atoms with Gasteiger partial charge in [-0.05, 0) is 56.7 Å². The summed E-state index contributed by atoms with van der Waals surface area (Å²) in [6, 6.07) is 4.83. The van der Waals surface area contributed by atoms with E-state index < -0.39 is 10.0 Å². The van der Waals surface area contributed by atoms with E-state index in [1.54, 1.807) is 18.2 Å². The maximum absolute atomic E-state index is 12.6. The fourth-order valence-electron chi connectivity index (χ4n) is 3.81. The van der Waals surface area contributed by atoms with Crippen LogP contribution in [0.3, 0.4) is 0 Å². The largest absolute Gasteiger partial charge is 0.377 e. The molecule has 2 N–H and O–H groups in total. The third-order valence-electron chi connectivity index (χ3n) is 5.13. The number of hydrogen-bond acceptors (Lipinski definition) is 4. The van der Waals surface area contributed by atoms with Crippen LogP contribution in [0, 0.1) is 0 Å². The van der Waals surface area contributed by atoms with E-state index in [0.29, 0.717) is 23.4 Å². The normalized spacial score (nSPS) is 23.2. The summed E-state index contributed by atoms with van der Waals surface area (Å²) >= 11 is 0. The van der Waals surface area contributed by atoms with Crippen molar-refractivity contribution in [1.82, 2.24) is 4.72 Å². The average molecular weight is 362 g/mol. The van der Waals surface area contributed by atoms with Gasteiger partial charge < -0.3 is 10.1 Å². The monoisotopic (exact) mass is 362 g/mol. The van der Waals surface area contributed by atoms with Gasteiger partial charge in [-0.25, -0.2) is 13.1 Å². The number of fused-ring (bicyclic) bond motifs is 1. The lowest BCUT2D eigenvalue weighted by Crippen LogP contribution is -2.31. The molecule has 0 bridgehead atoms. The van der Waals surface area contributed by atoms with Crippen LogP contribution in [0.25, 0.3) is 5.57 Å². The lowest BCUT2D eigenvalue weighted by molar-refractivity contribution is -0.110. The topological polar surface area (TPSA) is 84.5 Å². The van der Waals surface area contributed by atoms with Crippen molar-refractivity contribution in [3.8, 4) is 0 Å². The first-order chi connectivity index (χ1) is 12.0. The summed E-state index contributed by atoms with van der Waals surface area (Å²) in [6.07, 6.45) is 5.79. The van der Waals surface area contributed by atoms with Gasteiger partial charge in [0.1, 0.15) is 0 Å². The van der Waals surface area contributed by atoms with E-state index >= 15 is 0 Å². The van der Waals surface area contributed by atoms with Crippen LogP contribution in [0.1, 0.15) is 44.1 Å². The number of benzene rings is 1. The molecule has 2 fully saturated rings. The fourth-order valence-corrected chi connectivity index (χ4v) is 4.90. The number of anilines is 1. The zero-order valence-electron chi connectivity index (χ0n) is 14.0. The molecule has 7 heteroatoms. The Morgan fingerprint density at radius 3 is 2.72 bits per heavy atom. The van der Waals surface area contributed by atoms with Gasteiger partial charge in [0.25, 0.3) is 5.91 Å². The Labute approximate surface area is 147 Å². The van der Waals surface area contributed by atoms with Crippen LogP contribution in [0.15, 0.2) is 28.7 Å². The number of sulfonamides is 1.